The van der Waals surface area contributed by atoms with Crippen molar-refractivity contribution in [3.05, 3.63) is 47.9 Å². The maximum atomic E-state index is 13.2. The lowest BCUT2D eigenvalue weighted by molar-refractivity contribution is -0.139. The number of benzene rings is 1. The SMILES string of the molecule is Fc1ccc(Nc2n[nH]c3cccnc23)cc1C(F)(F)F. The Kier molecular flexibility index (Phi) is 3.00. The second kappa shape index (κ2) is 4.72. The molecule has 3 rings (SSSR count). The van der Waals surface area contributed by atoms with E-state index in [1.54, 1.807) is 12.1 Å². The predicted molar refractivity (Wildman–Crippen MR) is 68.6 cm³/mol. The molecule has 8 heteroatoms. The molecule has 0 fully saturated rings. The van der Waals surface area contributed by atoms with E-state index in [2.05, 4.69) is 20.5 Å². The van der Waals surface area contributed by atoms with E-state index >= 15 is 0 Å². The van der Waals surface area contributed by atoms with E-state index in [1.165, 1.54) is 12.3 Å². The lowest BCUT2D eigenvalue weighted by Gasteiger charge is -2.10. The fourth-order valence-corrected chi connectivity index (χ4v) is 1.90. The van der Waals surface area contributed by atoms with E-state index in [9.17, 15) is 17.6 Å². The van der Waals surface area contributed by atoms with Gasteiger partial charge in [-0.2, -0.15) is 18.3 Å². The van der Waals surface area contributed by atoms with Crippen LogP contribution in [0.2, 0.25) is 0 Å². The van der Waals surface area contributed by atoms with E-state index < -0.39 is 17.6 Å². The van der Waals surface area contributed by atoms with Crippen LogP contribution in [-0.2, 0) is 6.18 Å². The highest BCUT2D eigenvalue weighted by Crippen LogP contribution is 2.33. The van der Waals surface area contributed by atoms with Gasteiger partial charge in [0.05, 0.1) is 11.1 Å². The van der Waals surface area contributed by atoms with Crippen molar-refractivity contribution in [1.82, 2.24) is 15.2 Å². The summed E-state index contributed by atoms with van der Waals surface area (Å²) in [5.74, 6) is -1.05. The summed E-state index contributed by atoms with van der Waals surface area (Å²) in [6, 6.07) is 6.08. The van der Waals surface area contributed by atoms with Gasteiger partial charge in [0.1, 0.15) is 11.3 Å². The number of hydrogen-bond donors (Lipinski definition) is 2. The minimum atomic E-state index is -4.76. The van der Waals surface area contributed by atoms with Crippen molar-refractivity contribution in [3.8, 4) is 0 Å². The van der Waals surface area contributed by atoms with Crippen LogP contribution in [0.1, 0.15) is 5.56 Å². The number of anilines is 2. The largest absolute Gasteiger partial charge is 0.419 e. The Morgan fingerprint density at radius 3 is 2.71 bits per heavy atom. The number of aromatic nitrogens is 3. The Morgan fingerprint density at radius 1 is 1.14 bits per heavy atom. The molecule has 0 amide bonds. The summed E-state index contributed by atoms with van der Waals surface area (Å²) >= 11 is 0. The van der Waals surface area contributed by atoms with Gasteiger partial charge in [0.15, 0.2) is 5.82 Å². The van der Waals surface area contributed by atoms with Gasteiger partial charge in [-0.15, -0.1) is 0 Å². The molecule has 4 nitrogen and oxygen atoms in total. The molecule has 0 saturated carbocycles. The number of rotatable bonds is 2. The Morgan fingerprint density at radius 2 is 1.95 bits per heavy atom. The molecule has 3 aromatic rings. The molecule has 0 radical (unpaired) electrons. The van der Waals surface area contributed by atoms with Crippen molar-refractivity contribution >= 4 is 22.5 Å². The maximum Gasteiger partial charge on any atom is 0.419 e. The number of hydrogen-bond acceptors (Lipinski definition) is 3. The molecule has 0 aliphatic carbocycles. The van der Waals surface area contributed by atoms with Gasteiger partial charge in [0.2, 0.25) is 0 Å². The van der Waals surface area contributed by atoms with Crippen LogP contribution in [0.3, 0.4) is 0 Å². The number of aromatic amines is 1. The van der Waals surface area contributed by atoms with Crippen LogP contribution in [-0.4, -0.2) is 15.2 Å². The highest BCUT2D eigenvalue weighted by molar-refractivity contribution is 5.87. The second-order valence-electron chi connectivity index (χ2n) is 4.29. The second-order valence-corrected chi connectivity index (χ2v) is 4.29. The fourth-order valence-electron chi connectivity index (χ4n) is 1.90. The standard InChI is InChI=1S/C13H8F4N4/c14-9-4-3-7(6-8(9)13(15,16)17)19-12-11-10(20-21-12)2-1-5-18-11/h1-6H,(H2,19,20,21). The van der Waals surface area contributed by atoms with Gasteiger partial charge in [0.25, 0.3) is 0 Å². The van der Waals surface area contributed by atoms with Crippen LogP contribution in [0.25, 0.3) is 11.0 Å². The van der Waals surface area contributed by atoms with Crippen molar-refractivity contribution in [1.29, 1.82) is 0 Å². The van der Waals surface area contributed by atoms with Crippen LogP contribution < -0.4 is 5.32 Å². The van der Waals surface area contributed by atoms with E-state index in [0.717, 1.165) is 6.07 Å². The molecule has 2 heterocycles. The third-order valence-electron chi connectivity index (χ3n) is 2.85. The molecular weight excluding hydrogens is 288 g/mol. The van der Waals surface area contributed by atoms with Gasteiger partial charge < -0.3 is 5.32 Å². The van der Waals surface area contributed by atoms with Crippen LogP contribution >= 0.6 is 0 Å². The molecule has 0 unspecified atom stereocenters. The smallest absolute Gasteiger partial charge is 0.337 e. The summed E-state index contributed by atoms with van der Waals surface area (Å²) in [7, 11) is 0. The number of alkyl halides is 3. The Labute approximate surface area is 115 Å². The Balaban J connectivity index is 1.99. The van der Waals surface area contributed by atoms with Gasteiger partial charge >= 0.3 is 6.18 Å². The first-order valence-corrected chi connectivity index (χ1v) is 5.88. The Bertz CT molecular complexity index is 794. The van der Waals surface area contributed by atoms with Crippen LogP contribution in [0, 0.1) is 5.82 Å². The van der Waals surface area contributed by atoms with E-state index in [4.69, 9.17) is 0 Å². The first-order valence-electron chi connectivity index (χ1n) is 5.88. The van der Waals surface area contributed by atoms with Crippen LogP contribution in [0.4, 0.5) is 29.1 Å². The molecule has 0 aliphatic rings. The average molecular weight is 296 g/mol. The summed E-state index contributed by atoms with van der Waals surface area (Å²) in [6.45, 7) is 0. The van der Waals surface area contributed by atoms with Crippen LogP contribution in [0.15, 0.2) is 36.5 Å². The molecule has 2 N–H and O–H groups in total. The van der Waals surface area contributed by atoms with E-state index in [1.807, 2.05) is 0 Å². The third kappa shape index (κ3) is 2.51. The highest BCUT2D eigenvalue weighted by Gasteiger charge is 2.34. The normalized spacial score (nSPS) is 11.8. The summed E-state index contributed by atoms with van der Waals surface area (Å²) in [6.07, 6.45) is -3.22. The van der Waals surface area contributed by atoms with E-state index in [0.29, 0.717) is 17.1 Å². The summed E-state index contributed by atoms with van der Waals surface area (Å²) in [5, 5.41) is 9.32. The average Bonchev–Trinajstić information content (AvgIpc) is 2.83. The molecule has 2 aromatic heterocycles. The molecule has 0 aliphatic heterocycles. The molecule has 0 saturated heterocycles. The first kappa shape index (κ1) is 13.3. The summed E-state index contributed by atoms with van der Waals surface area (Å²) < 4.78 is 51.2. The molecule has 21 heavy (non-hydrogen) atoms. The van der Waals surface area contributed by atoms with Gasteiger partial charge in [-0.05, 0) is 30.3 Å². The molecule has 0 atom stereocenters. The lowest BCUT2D eigenvalue weighted by atomic mass is 10.2. The van der Waals surface area contributed by atoms with Gasteiger partial charge in [0, 0.05) is 11.9 Å². The maximum absolute atomic E-state index is 13.2. The van der Waals surface area contributed by atoms with Crippen molar-refractivity contribution in [2.75, 3.05) is 5.32 Å². The molecule has 0 bridgehead atoms. The summed E-state index contributed by atoms with van der Waals surface area (Å²) in [5.41, 5.74) is -0.142. The van der Waals surface area contributed by atoms with Gasteiger partial charge in [-0.25, -0.2) is 4.39 Å². The van der Waals surface area contributed by atoms with Crippen molar-refractivity contribution in [3.63, 3.8) is 0 Å². The minimum absolute atomic E-state index is 0.0720. The first-order chi connectivity index (χ1) is 9.95. The zero-order valence-corrected chi connectivity index (χ0v) is 10.4. The van der Waals surface area contributed by atoms with Crippen molar-refractivity contribution in [2.24, 2.45) is 0 Å². The molecule has 0 spiro atoms. The van der Waals surface area contributed by atoms with Crippen LogP contribution in [0.5, 0.6) is 0 Å². The number of pyridine rings is 1. The number of fused-ring (bicyclic) bond motifs is 1. The van der Waals surface area contributed by atoms with Crippen molar-refractivity contribution in [2.45, 2.75) is 6.18 Å². The lowest BCUT2D eigenvalue weighted by Crippen LogP contribution is -2.08. The zero-order valence-electron chi connectivity index (χ0n) is 10.4. The highest BCUT2D eigenvalue weighted by atomic mass is 19.4. The quantitative estimate of drug-likeness (QED) is 0.706. The topological polar surface area (TPSA) is 53.6 Å². The third-order valence-corrected chi connectivity index (χ3v) is 2.85. The molecule has 108 valence electrons. The minimum Gasteiger partial charge on any atom is -0.337 e. The predicted octanol–water partition coefficient (Wildman–Crippen LogP) is 3.86. The van der Waals surface area contributed by atoms with E-state index in [-0.39, 0.29) is 11.5 Å². The Hall–Kier alpha value is -2.64. The monoisotopic (exact) mass is 296 g/mol. The number of H-pyrrole nitrogens is 1. The number of nitrogens with zero attached hydrogens (tertiary/aromatic N) is 2. The van der Waals surface area contributed by atoms with Gasteiger partial charge in [-0.3, -0.25) is 10.1 Å². The summed E-state index contributed by atoms with van der Waals surface area (Å²) in [4.78, 5) is 4.07. The fraction of sp³-hybridized carbons (Fsp3) is 0.0769. The molecule has 1 aromatic carbocycles. The van der Waals surface area contributed by atoms with Crippen molar-refractivity contribution < 1.29 is 17.6 Å². The zero-order chi connectivity index (χ0) is 15.0. The molecular formula is C13H8F4N4. The number of nitrogens with one attached hydrogen (secondary N) is 2. The van der Waals surface area contributed by atoms with Gasteiger partial charge in [-0.1, -0.05) is 0 Å². The number of halogens is 4.